The van der Waals surface area contributed by atoms with E-state index in [1.54, 1.807) is 6.92 Å². The maximum absolute atomic E-state index is 12.4. The van der Waals surface area contributed by atoms with Gasteiger partial charge in [-0.3, -0.25) is 23.9 Å². The highest BCUT2D eigenvalue weighted by Gasteiger charge is 2.38. The lowest BCUT2D eigenvalue weighted by Crippen LogP contribution is -2.33. The number of carbonyl (C=O) groups is 2. The average Bonchev–Trinajstić information content (AvgIpc) is 3.15. The van der Waals surface area contributed by atoms with Crippen LogP contribution in [0.4, 0.5) is 0 Å². The van der Waals surface area contributed by atoms with Crippen molar-refractivity contribution in [3.05, 3.63) is 67.5 Å². The van der Waals surface area contributed by atoms with Crippen molar-refractivity contribution in [2.75, 3.05) is 0 Å². The zero-order valence-electron chi connectivity index (χ0n) is 19.5. The Kier molecular flexibility index (Phi) is 7.86. The molecule has 9 heteroatoms. The Morgan fingerprint density at radius 2 is 1.85 bits per heavy atom. The van der Waals surface area contributed by atoms with E-state index in [1.807, 2.05) is 32.9 Å². The average molecular weight is 458 g/mol. The molecule has 3 rings (SSSR count). The lowest BCUT2D eigenvalue weighted by atomic mass is 10.1. The number of benzene rings is 1. The molecule has 3 unspecified atom stereocenters. The lowest BCUT2D eigenvalue weighted by molar-refractivity contribution is -0.153. The van der Waals surface area contributed by atoms with E-state index in [0.29, 0.717) is 18.5 Å². The van der Waals surface area contributed by atoms with Crippen molar-refractivity contribution in [2.45, 2.75) is 78.4 Å². The van der Waals surface area contributed by atoms with Crippen molar-refractivity contribution in [1.29, 1.82) is 0 Å². The quantitative estimate of drug-likeness (QED) is 0.587. The number of aromatic nitrogens is 2. The molecule has 1 saturated heterocycles. The van der Waals surface area contributed by atoms with Crippen LogP contribution in [0.15, 0.2) is 34.0 Å². The van der Waals surface area contributed by atoms with Crippen molar-refractivity contribution in [3.8, 4) is 0 Å². The van der Waals surface area contributed by atoms with Gasteiger partial charge in [0.1, 0.15) is 12.3 Å². The van der Waals surface area contributed by atoms with Crippen molar-refractivity contribution < 1.29 is 19.1 Å². The highest BCUT2D eigenvalue weighted by Crippen LogP contribution is 2.31. The number of aryl methyl sites for hydroxylation is 3. The molecular weight excluding hydrogens is 426 g/mol. The highest BCUT2D eigenvalue weighted by molar-refractivity contribution is 5.81. The minimum Gasteiger partial charge on any atom is -0.459 e. The van der Waals surface area contributed by atoms with Crippen LogP contribution in [0.2, 0.25) is 0 Å². The Morgan fingerprint density at radius 3 is 2.52 bits per heavy atom. The molecule has 2 N–H and O–H groups in total. The van der Waals surface area contributed by atoms with Crippen LogP contribution in [0.25, 0.3) is 0 Å². The monoisotopic (exact) mass is 457 g/mol. The smallest absolute Gasteiger partial charge is 0.330 e. The number of hydrogen-bond donors (Lipinski definition) is 2. The molecule has 3 atom stereocenters. The zero-order valence-corrected chi connectivity index (χ0v) is 19.5. The molecule has 33 heavy (non-hydrogen) atoms. The van der Waals surface area contributed by atoms with E-state index in [-0.39, 0.29) is 31.3 Å². The molecule has 1 aliphatic heterocycles. The van der Waals surface area contributed by atoms with Crippen LogP contribution < -0.4 is 16.6 Å². The Balaban J connectivity index is 1.51. The van der Waals surface area contributed by atoms with E-state index in [4.69, 9.17) is 9.47 Å². The number of nitrogens with one attached hydrogen (secondary N) is 2. The Labute approximate surface area is 192 Å². The number of H-pyrrole nitrogens is 1. The molecule has 1 fully saturated rings. The first-order valence-corrected chi connectivity index (χ1v) is 11.2. The van der Waals surface area contributed by atoms with E-state index in [1.165, 1.54) is 10.8 Å². The van der Waals surface area contributed by atoms with Crippen molar-refractivity contribution in [2.24, 2.45) is 0 Å². The van der Waals surface area contributed by atoms with E-state index in [9.17, 15) is 19.2 Å². The van der Waals surface area contributed by atoms with Crippen LogP contribution in [0.5, 0.6) is 0 Å². The number of nitrogens with zero attached hydrogens (tertiary/aromatic N) is 1. The van der Waals surface area contributed by atoms with E-state index in [2.05, 4.69) is 16.4 Å². The van der Waals surface area contributed by atoms with Crippen LogP contribution in [0.3, 0.4) is 0 Å². The first-order chi connectivity index (χ1) is 15.7. The van der Waals surface area contributed by atoms with Gasteiger partial charge in [0.25, 0.3) is 5.56 Å². The molecule has 0 saturated carbocycles. The van der Waals surface area contributed by atoms with Crippen molar-refractivity contribution in [1.82, 2.24) is 14.9 Å². The summed E-state index contributed by atoms with van der Waals surface area (Å²) in [5, 5.41) is 2.83. The van der Waals surface area contributed by atoms with Crippen LogP contribution in [0, 0.1) is 20.8 Å². The molecule has 1 aromatic heterocycles. The second-order valence-electron chi connectivity index (χ2n) is 8.55. The van der Waals surface area contributed by atoms with Crippen LogP contribution in [-0.2, 0) is 25.6 Å². The van der Waals surface area contributed by atoms with Gasteiger partial charge < -0.3 is 14.8 Å². The van der Waals surface area contributed by atoms with Gasteiger partial charge in [-0.05, 0) is 32.8 Å². The third-order valence-electron chi connectivity index (χ3n) is 5.65. The maximum Gasteiger partial charge on any atom is 0.330 e. The Morgan fingerprint density at radius 1 is 1.15 bits per heavy atom. The molecule has 1 aromatic carbocycles. The number of carbonyl (C=O) groups excluding carboxylic acids is 2. The molecular formula is C24H31N3O6. The molecule has 1 amide bonds. The van der Waals surface area contributed by atoms with Gasteiger partial charge in [0, 0.05) is 31.1 Å². The fourth-order valence-corrected chi connectivity index (χ4v) is 4.06. The Hall–Kier alpha value is -3.20. The summed E-state index contributed by atoms with van der Waals surface area (Å²) in [6.07, 6.45) is 0.738. The van der Waals surface area contributed by atoms with E-state index in [0.717, 1.165) is 16.7 Å². The summed E-state index contributed by atoms with van der Waals surface area (Å²) < 4.78 is 12.8. The molecule has 2 aromatic rings. The van der Waals surface area contributed by atoms with Crippen LogP contribution in [-0.4, -0.2) is 33.6 Å². The highest BCUT2D eigenvalue weighted by atomic mass is 16.6. The minimum absolute atomic E-state index is 0.0238. The van der Waals surface area contributed by atoms with Gasteiger partial charge in [-0.15, -0.1) is 0 Å². The third-order valence-corrected chi connectivity index (χ3v) is 5.65. The normalized spacial score (nSPS) is 19.9. The summed E-state index contributed by atoms with van der Waals surface area (Å²) in [5.41, 5.74) is 2.64. The van der Waals surface area contributed by atoms with Crippen LogP contribution in [0.1, 0.15) is 61.1 Å². The van der Waals surface area contributed by atoms with Gasteiger partial charge in [-0.2, -0.15) is 0 Å². The fourth-order valence-electron chi connectivity index (χ4n) is 4.06. The summed E-state index contributed by atoms with van der Waals surface area (Å²) in [7, 11) is 0. The van der Waals surface area contributed by atoms with Gasteiger partial charge >= 0.3 is 11.7 Å². The minimum atomic E-state index is -0.642. The van der Waals surface area contributed by atoms with Crippen LogP contribution >= 0.6 is 0 Å². The summed E-state index contributed by atoms with van der Waals surface area (Å²) >= 11 is 0. The number of amides is 1. The van der Waals surface area contributed by atoms with Gasteiger partial charge in [0.05, 0.1) is 12.5 Å². The summed E-state index contributed by atoms with van der Waals surface area (Å²) in [5.74, 6) is -0.719. The van der Waals surface area contributed by atoms with Gasteiger partial charge in [0.15, 0.2) is 0 Å². The maximum atomic E-state index is 12.4. The van der Waals surface area contributed by atoms with Gasteiger partial charge in [-0.25, -0.2) is 4.79 Å². The molecule has 0 radical (unpaired) electrons. The van der Waals surface area contributed by atoms with Gasteiger partial charge in [0.2, 0.25) is 5.91 Å². The topological polar surface area (TPSA) is 119 Å². The summed E-state index contributed by atoms with van der Waals surface area (Å²) in [6, 6.07) is 6.09. The summed E-state index contributed by atoms with van der Waals surface area (Å²) in [4.78, 5) is 50.6. The predicted octanol–water partition coefficient (Wildman–Crippen LogP) is 2.17. The fraction of sp³-hybridized carbons (Fsp3) is 0.500. The second-order valence-corrected chi connectivity index (χ2v) is 8.55. The standard InChI is InChI=1S/C24H31N3O6/c1-5-18-19(11-21(32-18)27-13-16(4)23(30)26-24(27)31)33-22(29)7-6-20(28)25-12-17-9-14(2)8-15(3)10-17/h8-10,13,18-19,21H,5-7,11-12H2,1-4H3,(H,25,28)(H,26,30,31). The SMILES string of the molecule is CCC1OC(n2cc(C)c(=O)[nH]c2=O)CC1OC(=O)CCC(=O)NCc1cc(C)cc(C)c1. The Bertz CT molecular complexity index is 1120. The molecule has 0 spiro atoms. The number of aromatic amines is 1. The first kappa shape index (κ1) is 24.4. The molecule has 0 bridgehead atoms. The largest absolute Gasteiger partial charge is 0.459 e. The molecule has 2 heterocycles. The van der Waals surface area contributed by atoms with Gasteiger partial charge in [-0.1, -0.05) is 36.2 Å². The summed E-state index contributed by atoms with van der Waals surface area (Å²) in [6.45, 7) is 7.91. The molecule has 178 valence electrons. The number of rotatable bonds is 8. The van der Waals surface area contributed by atoms with E-state index < -0.39 is 29.6 Å². The number of esters is 1. The molecule has 1 aliphatic rings. The molecule has 0 aliphatic carbocycles. The third kappa shape index (κ3) is 6.41. The first-order valence-electron chi connectivity index (χ1n) is 11.2. The predicted molar refractivity (Wildman–Crippen MR) is 122 cm³/mol. The van der Waals surface area contributed by atoms with Crippen molar-refractivity contribution >= 4 is 11.9 Å². The van der Waals surface area contributed by atoms with E-state index >= 15 is 0 Å². The zero-order chi connectivity index (χ0) is 24.1. The lowest BCUT2D eigenvalue weighted by Gasteiger charge is -2.17. The van der Waals surface area contributed by atoms with Crippen molar-refractivity contribution in [3.63, 3.8) is 0 Å². The number of ether oxygens (including phenoxy) is 2. The second kappa shape index (κ2) is 10.6. The molecule has 9 nitrogen and oxygen atoms in total. The number of hydrogen-bond acceptors (Lipinski definition) is 6.